The quantitative estimate of drug-likeness (QED) is 0.592. The summed E-state index contributed by atoms with van der Waals surface area (Å²) in [4.78, 5) is 6.98. The average molecular weight is 375 g/mol. The highest BCUT2D eigenvalue weighted by molar-refractivity contribution is 5.80. The van der Waals surface area contributed by atoms with Crippen molar-refractivity contribution in [1.82, 2.24) is 15.5 Å². The number of fused-ring (bicyclic) bond motifs is 1. The molecule has 1 aromatic rings. The monoisotopic (exact) mass is 374 g/mol. The molecule has 6 nitrogen and oxygen atoms in total. The van der Waals surface area contributed by atoms with Crippen LogP contribution in [0.2, 0.25) is 0 Å². The second-order valence-corrected chi connectivity index (χ2v) is 8.14. The van der Waals surface area contributed by atoms with E-state index in [1.54, 1.807) is 0 Å². The fraction of sp³-hybridized carbons (Fsp3) is 0.667. The predicted octanol–water partition coefficient (Wildman–Crippen LogP) is 2.73. The molecule has 3 rings (SSSR count). The summed E-state index contributed by atoms with van der Waals surface area (Å²) >= 11 is 0. The van der Waals surface area contributed by atoms with E-state index in [0.717, 1.165) is 24.0 Å². The minimum Gasteiger partial charge on any atom is -0.454 e. The molecule has 1 saturated heterocycles. The first-order valence-electron chi connectivity index (χ1n) is 10.1. The average Bonchev–Trinajstić information content (AvgIpc) is 3.14. The Morgan fingerprint density at radius 2 is 1.96 bits per heavy atom. The number of hydrogen-bond acceptors (Lipinski definition) is 4. The molecule has 1 aromatic carbocycles. The Bertz CT molecular complexity index is 652. The summed E-state index contributed by atoms with van der Waals surface area (Å²) in [6, 6.07) is 6.70. The summed E-state index contributed by atoms with van der Waals surface area (Å²) in [6.07, 6.45) is 3.58. The van der Waals surface area contributed by atoms with Gasteiger partial charge < -0.3 is 25.0 Å². The van der Waals surface area contributed by atoms with E-state index in [1.165, 1.54) is 44.5 Å². The van der Waals surface area contributed by atoms with Crippen LogP contribution in [0.15, 0.2) is 23.2 Å². The van der Waals surface area contributed by atoms with E-state index in [1.807, 2.05) is 13.1 Å². The van der Waals surface area contributed by atoms with Gasteiger partial charge in [-0.1, -0.05) is 26.8 Å². The minimum absolute atomic E-state index is 0.0525. The standard InChI is InChI=1S/C21H34N4O2/c1-5-10-25-11-8-17(9-12-25)24-20(22-4)23-14-21(2,3)16-6-7-18-19(13-16)27-15-26-18/h6-7,13,17H,5,8-12,14-15H2,1-4H3,(H2,22,23,24). The number of ether oxygens (including phenoxy) is 2. The van der Waals surface area contributed by atoms with E-state index in [-0.39, 0.29) is 5.41 Å². The molecule has 0 spiro atoms. The van der Waals surface area contributed by atoms with E-state index in [9.17, 15) is 0 Å². The SMILES string of the molecule is CCCN1CCC(NC(=NC)NCC(C)(C)c2ccc3c(c2)OCO3)CC1. The van der Waals surface area contributed by atoms with Gasteiger partial charge in [-0.25, -0.2) is 0 Å². The maximum Gasteiger partial charge on any atom is 0.231 e. The summed E-state index contributed by atoms with van der Waals surface area (Å²) in [5.41, 5.74) is 1.17. The van der Waals surface area contributed by atoms with Crippen LogP contribution in [0.1, 0.15) is 45.6 Å². The van der Waals surface area contributed by atoms with Crippen LogP contribution in [-0.4, -0.2) is 56.9 Å². The number of rotatable bonds is 6. The lowest BCUT2D eigenvalue weighted by molar-refractivity contribution is 0.174. The number of aliphatic imine (C=N–C) groups is 1. The molecule has 2 aliphatic rings. The first-order valence-corrected chi connectivity index (χ1v) is 10.1. The third kappa shape index (κ3) is 5.06. The first kappa shape index (κ1) is 19.8. The van der Waals surface area contributed by atoms with E-state index in [4.69, 9.17) is 9.47 Å². The number of guanidine groups is 1. The van der Waals surface area contributed by atoms with Gasteiger partial charge in [0.2, 0.25) is 6.79 Å². The number of piperidine rings is 1. The van der Waals surface area contributed by atoms with Gasteiger partial charge in [0.1, 0.15) is 0 Å². The molecular formula is C21H34N4O2. The van der Waals surface area contributed by atoms with Gasteiger partial charge in [0.05, 0.1) is 0 Å². The summed E-state index contributed by atoms with van der Waals surface area (Å²) in [7, 11) is 1.84. The third-order valence-corrected chi connectivity index (χ3v) is 5.54. The van der Waals surface area contributed by atoms with Crippen LogP contribution >= 0.6 is 0 Å². The summed E-state index contributed by atoms with van der Waals surface area (Å²) < 4.78 is 10.9. The van der Waals surface area contributed by atoms with Gasteiger partial charge in [-0.2, -0.15) is 0 Å². The predicted molar refractivity (Wildman–Crippen MR) is 110 cm³/mol. The van der Waals surface area contributed by atoms with Crippen molar-refractivity contribution in [1.29, 1.82) is 0 Å². The van der Waals surface area contributed by atoms with E-state index < -0.39 is 0 Å². The summed E-state index contributed by atoms with van der Waals surface area (Å²) in [6.45, 7) is 11.4. The lowest BCUT2D eigenvalue weighted by Gasteiger charge is -2.33. The Hall–Kier alpha value is -1.95. The molecule has 1 fully saturated rings. The van der Waals surface area contributed by atoms with Crippen molar-refractivity contribution < 1.29 is 9.47 Å². The van der Waals surface area contributed by atoms with Crippen molar-refractivity contribution in [3.05, 3.63) is 23.8 Å². The van der Waals surface area contributed by atoms with Gasteiger partial charge in [0.15, 0.2) is 17.5 Å². The van der Waals surface area contributed by atoms with Crippen LogP contribution in [0.5, 0.6) is 11.5 Å². The van der Waals surface area contributed by atoms with Crippen molar-refractivity contribution in [2.24, 2.45) is 4.99 Å². The molecule has 0 aliphatic carbocycles. The lowest BCUT2D eigenvalue weighted by Crippen LogP contribution is -2.50. The maximum atomic E-state index is 5.52. The van der Waals surface area contributed by atoms with Crippen molar-refractivity contribution in [2.45, 2.75) is 51.5 Å². The summed E-state index contributed by atoms with van der Waals surface area (Å²) in [5, 5.41) is 7.11. The molecule has 0 unspecified atom stereocenters. The van der Waals surface area contributed by atoms with Crippen LogP contribution < -0.4 is 20.1 Å². The smallest absolute Gasteiger partial charge is 0.231 e. The topological polar surface area (TPSA) is 58.1 Å². The van der Waals surface area contributed by atoms with E-state index in [0.29, 0.717) is 12.8 Å². The molecule has 2 heterocycles. The Morgan fingerprint density at radius 1 is 1.22 bits per heavy atom. The molecule has 2 aliphatic heterocycles. The molecule has 0 atom stereocenters. The Balaban J connectivity index is 1.51. The van der Waals surface area contributed by atoms with Gasteiger partial charge >= 0.3 is 0 Å². The van der Waals surface area contributed by atoms with Crippen LogP contribution in [0.25, 0.3) is 0 Å². The molecule has 6 heteroatoms. The Morgan fingerprint density at radius 3 is 2.67 bits per heavy atom. The van der Waals surface area contributed by atoms with Crippen molar-refractivity contribution >= 4 is 5.96 Å². The van der Waals surface area contributed by atoms with Gasteiger partial charge in [-0.3, -0.25) is 4.99 Å². The number of hydrogen-bond donors (Lipinski definition) is 2. The second kappa shape index (κ2) is 8.83. The van der Waals surface area contributed by atoms with Gasteiger partial charge in [-0.15, -0.1) is 0 Å². The molecule has 150 valence electrons. The van der Waals surface area contributed by atoms with E-state index in [2.05, 4.69) is 53.4 Å². The second-order valence-electron chi connectivity index (χ2n) is 8.14. The highest BCUT2D eigenvalue weighted by Crippen LogP contribution is 2.36. The molecule has 0 bridgehead atoms. The summed E-state index contributed by atoms with van der Waals surface area (Å²) in [5.74, 6) is 2.55. The molecule has 2 N–H and O–H groups in total. The zero-order chi connectivity index (χ0) is 19.3. The first-order chi connectivity index (χ1) is 13.0. The lowest BCUT2D eigenvalue weighted by atomic mass is 9.84. The van der Waals surface area contributed by atoms with Gasteiger partial charge in [0.25, 0.3) is 0 Å². The highest BCUT2D eigenvalue weighted by atomic mass is 16.7. The molecule has 27 heavy (non-hydrogen) atoms. The number of nitrogens with zero attached hydrogens (tertiary/aromatic N) is 2. The number of benzene rings is 1. The zero-order valence-corrected chi connectivity index (χ0v) is 17.2. The van der Waals surface area contributed by atoms with Crippen LogP contribution in [0.4, 0.5) is 0 Å². The number of nitrogens with one attached hydrogen (secondary N) is 2. The molecular weight excluding hydrogens is 340 g/mol. The van der Waals surface area contributed by atoms with Crippen molar-refractivity contribution in [3.8, 4) is 11.5 Å². The molecule has 0 amide bonds. The number of likely N-dealkylation sites (tertiary alicyclic amines) is 1. The Labute approximate surface area is 163 Å². The van der Waals surface area contributed by atoms with Gasteiger partial charge in [0, 0.05) is 38.1 Å². The Kier molecular flexibility index (Phi) is 6.47. The molecule has 0 saturated carbocycles. The third-order valence-electron chi connectivity index (χ3n) is 5.54. The fourth-order valence-electron chi connectivity index (χ4n) is 3.73. The van der Waals surface area contributed by atoms with Gasteiger partial charge in [-0.05, 0) is 43.5 Å². The molecule has 0 radical (unpaired) electrons. The van der Waals surface area contributed by atoms with Crippen LogP contribution in [-0.2, 0) is 5.41 Å². The minimum atomic E-state index is -0.0525. The van der Waals surface area contributed by atoms with Crippen LogP contribution in [0.3, 0.4) is 0 Å². The molecule has 0 aromatic heterocycles. The maximum absolute atomic E-state index is 5.52. The van der Waals surface area contributed by atoms with E-state index >= 15 is 0 Å². The van der Waals surface area contributed by atoms with Crippen molar-refractivity contribution in [3.63, 3.8) is 0 Å². The highest BCUT2D eigenvalue weighted by Gasteiger charge is 2.25. The normalized spacial score (nSPS) is 18.6. The zero-order valence-electron chi connectivity index (χ0n) is 17.2. The van der Waals surface area contributed by atoms with Crippen LogP contribution in [0, 0.1) is 0 Å². The fourth-order valence-corrected chi connectivity index (χ4v) is 3.73. The largest absolute Gasteiger partial charge is 0.454 e. The van der Waals surface area contributed by atoms with Crippen molar-refractivity contribution in [2.75, 3.05) is 40.0 Å².